The molecule has 0 aromatic carbocycles. The van der Waals surface area contributed by atoms with Crippen LogP contribution in [0.15, 0.2) is 52.6 Å². The molecule has 0 saturated carbocycles. The van der Waals surface area contributed by atoms with Crippen molar-refractivity contribution in [3.63, 3.8) is 0 Å². The largest absolute Gasteiger partial charge is 1.00 e. The Morgan fingerprint density at radius 2 is 1.00 bits per heavy atom. The van der Waals surface area contributed by atoms with Crippen molar-refractivity contribution in [1.82, 2.24) is 0 Å². The Labute approximate surface area is 164 Å². The van der Waals surface area contributed by atoms with Gasteiger partial charge in [0, 0.05) is 12.6 Å². The van der Waals surface area contributed by atoms with Gasteiger partial charge in [0.2, 0.25) is 0 Å². The minimum atomic E-state index is -3.37. The Kier molecular flexibility index (Phi) is 256. The third kappa shape index (κ3) is 642. The van der Waals surface area contributed by atoms with E-state index in [-0.39, 0.29) is 65.2 Å². The van der Waals surface area contributed by atoms with E-state index in [0.717, 1.165) is 0 Å². The van der Waals surface area contributed by atoms with E-state index >= 15 is 0 Å². The third-order valence-corrected chi connectivity index (χ3v) is 0.372. The van der Waals surface area contributed by atoms with Crippen molar-refractivity contribution < 1.29 is 73.5 Å². The molecule has 0 rings (SSSR count). The fourth-order valence-corrected chi connectivity index (χ4v) is 0. The smallest absolute Gasteiger partial charge is 0.598 e. The van der Waals surface area contributed by atoms with E-state index in [4.69, 9.17) is 25.8 Å². The van der Waals surface area contributed by atoms with Gasteiger partial charge in [-0.1, -0.05) is 4.57 Å². The van der Waals surface area contributed by atoms with Crippen LogP contribution in [0.1, 0.15) is 6.92 Å². The van der Waals surface area contributed by atoms with Crippen LogP contribution in [-0.2, 0) is 4.57 Å². The van der Waals surface area contributed by atoms with Crippen molar-refractivity contribution in [2.75, 3.05) is 6.54 Å². The van der Waals surface area contributed by atoms with E-state index in [1.54, 1.807) is 0 Å². The number of hydrogen-bond donors (Lipinski definition) is 2. The second-order valence-corrected chi connectivity index (χ2v) is 1.88. The molecular weight excluding hydrogens is 285 g/mol. The van der Waals surface area contributed by atoms with Crippen molar-refractivity contribution in [3.05, 3.63) is 52.6 Å². The molecule has 1 atom stereocenters. The van der Waals surface area contributed by atoms with Crippen LogP contribution in [0.25, 0.3) is 0 Å². The van der Waals surface area contributed by atoms with E-state index in [0.29, 0.717) is 6.54 Å². The maximum absolute atomic E-state index is 8.48. The minimum Gasteiger partial charge on any atom is -0.598 e. The van der Waals surface area contributed by atoms with Gasteiger partial charge >= 0.3 is 59.1 Å². The molecule has 0 aliphatic heterocycles. The summed E-state index contributed by atoms with van der Waals surface area (Å²) in [6.07, 6.45) is 0. The summed E-state index contributed by atoms with van der Waals surface area (Å²) in [4.78, 5) is 17.0. The van der Waals surface area contributed by atoms with Crippen molar-refractivity contribution in [2.24, 2.45) is 11.5 Å². The zero-order chi connectivity index (χ0) is 15.9. The Bertz CT molecular complexity index is 123. The SMILES string of the molecule is C=C.C=C.C=C.C=C.CC(N)CN.O=[P+]([O-])[O-].[Na+].[Na+]. The maximum Gasteiger partial charge on any atom is 1.00 e. The molecule has 4 N–H and O–H groups in total. The average Bonchev–Trinajstić information content (AvgIpc) is 2.38. The minimum absolute atomic E-state index is 0. The Morgan fingerprint density at radius 3 is 1.00 bits per heavy atom. The molecule has 0 radical (unpaired) electrons. The molecule has 8 heteroatoms. The molecule has 1 unspecified atom stereocenters. The molecule has 0 aliphatic rings. The number of nitrogens with two attached hydrogens (primary N) is 2. The fraction of sp³-hybridized carbons (Fsp3) is 0.273. The first-order valence-corrected chi connectivity index (χ1v) is 5.37. The van der Waals surface area contributed by atoms with Crippen molar-refractivity contribution in [2.45, 2.75) is 13.0 Å². The fourth-order valence-electron chi connectivity index (χ4n) is 0. The maximum atomic E-state index is 8.48. The summed E-state index contributed by atoms with van der Waals surface area (Å²) >= 11 is 0. The summed E-state index contributed by atoms with van der Waals surface area (Å²) in [7, 11) is -3.37. The second-order valence-electron chi connectivity index (χ2n) is 1.44. The van der Waals surface area contributed by atoms with Gasteiger partial charge in [0.15, 0.2) is 0 Å². The normalized spacial score (nSPS) is 6.16. The molecule has 19 heavy (non-hydrogen) atoms. The van der Waals surface area contributed by atoms with Crippen LogP contribution in [0, 0.1) is 0 Å². The molecule has 0 amide bonds. The predicted octanol–water partition coefficient (Wildman–Crippen LogP) is -5.13. The van der Waals surface area contributed by atoms with Crippen LogP contribution >= 0.6 is 8.25 Å². The first kappa shape index (κ1) is 50.2. The Morgan fingerprint density at radius 1 is 0.947 bits per heavy atom. The number of hydrogen-bond acceptors (Lipinski definition) is 5. The van der Waals surface area contributed by atoms with Gasteiger partial charge in [-0.15, -0.1) is 52.6 Å². The molecule has 5 nitrogen and oxygen atoms in total. The summed E-state index contributed by atoms with van der Waals surface area (Å²) in [5.41, 5.74) is 10.2. The molecule has 0 aliphatic carbocycles. The molecular formula is C11H26N2Na2O3P+. The first-order chi connectivity index (χ1) is 8.00. The van der Waals surface area contributed by atoms with Crippen molar-refractivity contribution >= 4 is 8.25 Å². The summed E-state index contributed by atoms with van der Waals surface area (Å²) in [5, 5.41) is 0. The second kappa shape index (κ2) is 97.0. The molecule has 0 aromatic rings. The third-order valence-electron chi connectivity index (χ3n) is 0.372. The van der Waals surface area contributed by atoms with Gasteiger partial charge in [-0.3, -0.25) is 0 Å². The van der Waals surface area contributed by atoms with Crippen LogP contribution in [0.5, 0.6) is 0 Å². The molecule has 0 bridgehead atoms. The van der Waals surface area contributed by atoms with Gasteiger partial charge in [-0.05, 0) is 6.92 Å². The average molecular weight is 311 g/mol. The molecule has 0 fully saturated rings. The van der Waals surface area contributed by atoms with E-state index in [1.165, 1.54) is 0 Å². The summed E-state index contributed by atoms with van der Waals surface area (Å²) in [6, 6.07) is 0.162. The summed E-state index contributed by atoms with van der Waals surface area (Å²) in [6.45, 7) is 26.5. The van der Waals surface area contributed by atoms with Crippen molar-refractivity contribution in [3.8, 4) is 0 Å². The van der Waals surface area contributed by atoms with Crippen LogP contribution in [0.4, 0.5) is 0 Å². The molecule has 0 heterocycles. The van der Waals surface area contributed by atoms with Gasteiger partial charge in [-0.25, -0.2) is 0 Å². The topological polar surface area (TPSA) is 115 Å². The number of rotatable bonds is 1. The van der Waals surface area contributed by atoms with Crippen LogP contribution in [-0.4, -0.2) is 12.6 Å². The zero-order valence-electron chi connectivity index (χ0n) is 12.8. The zero-order valence-corrected chi connectivity index (χ0v) is 17.7. The van der Waals surface area contributed by atoms with E-state index in [1.807, 2.05) is 6.92 Å². The Hall–Kier alpha value is 0.900. The standard InChI is InChI=1S/C3H10N2.4C2H4.2Na.HO3P/c1-3(5)2-4;4*1-2;;;1-4(2)3/h3H,2,4-5H2,1H3;4*1-2H2;;;(H,1,2,3)/q;;;;;2*+1;/p-1. The van der Waals surface area contributed by atoms with Gasteiger partial charge in [0.25, 0.3) is 8.25 Å². The predicted molar refractivity (Wildman–Crippen MR) is 75.3 cm³/mol. The summed E-state index contributed by atoms with van der Waals surface area (Å²) < 4.78 is 8.48. The van der Waals surface area contributed by atoms with Crippen LogP contribution in [0.2, 0.25) is 0 Å². The quantitative estimate of drug-likeness (QED) is 0.285. The molecule has 0 aromatic heterocycles. The monoisotopic (exact) mass is 311 g/mol. The summed E-state index contributed by atoms with van der Waals surface area (Å²) in [5.74, 6) is 0. The van der Waals surface area contributed by atoms with Crippen LogP contribution in [0.3, 0.4) is 0 Å². The molecule has 0 spiro atoms. The van der Waals surface area contributed by atoms with Gasteiger partial charge < -0.3 is 21.3 Å². The van der Waals surface area contributed by atoms with Crippen molar-refractivity contribution in [1.29, 1.82) is 0 Å². The Balaban J connectivity index is -0.0000000132. The molecule has 104 valence electrons. The van der Waals surface area contributed by atoms with Gasteiger partial charge in [0.05, 0.1) is 0 Å². The van der Waals surface area contributed by atoms with Crippen LogP contribution < -0.4 is 80.4 Å². The van der Waals surface area contributed by atoms with E-state index < -0.39 is 8.25 Å². The molecule has 0 saturated heterocycles. The van der Waals surface area contributed by atoms with E-state index in [2.05, 4.69) is 52.6 Å². The van der Waals surface area contributed by atoms with Gasteiger partial charge in [-0.2, -0.15) is 0 Å². The van der Waals surface area contributed by atoms with Gasteiger partial charge in [0.1, 0.15) is 0 Å². The first-order valence-electron chi connectivity index (χ1n) is 4.27. The van der Waals surface area contributed by atoms with E-state index in [9.17, 15) is 0 Å².